The summed E-state index contributed by atoms with van der Waals surface area (Å²) < 4.78 is 0. The van der Waals surface area contributed by atoms with Crippen molar-refractivity contribution < 1.29 is 4.79 Å². The Labute approximate surface area is 164 Å². The molecule has 1 aromatic heterocycles. The Morgan fingerprint density at radius 3 is 2.67 bits per heavy atom. The number of carbonyl (C=O) groups excluding carboxylic acids is 1. The van der Waals surface area contributed by atoms with Gasteiger partial charge in [-0.3, -0.25) is 9.78 Å². The smallest absolute Gasteiger partial charge is 0.243 e. The molecule has 0 radical (unpaired) electrons. The van der Waals surface area contributed by atoms with E-state index in [-0.39, 0.29) is 12.5 Å². The van der Waals surface area contributed by atoms with Gasteiger partial charge in [0.15, 0.2) is 0 Å². The number of benzene rings is 2. The van der Waals surface area contributed by atoms with Crippen molar-refractivity contribution >= 4 is 28.9 Å². The van der Waals surface area contributed by atoms with Gasteiger partial charge < -0.3 is 10.2 Å². The lowest BCUT2D eigenvalue weighted by atomic mass is 10.1. The molecule has 0 spiro atoms. The summed E-state index contributed by atoms with van der Waals surface area (Å²) in [7, 11) is 0. The van der Waals surface area contributed by atoms with Gasteiger partial charge >= 0.3 is 0 Å². The predicted molar refractivity (Wildman–Crippen MR) is 111 cm³/mol. The van der Waals surface area contributed by atoms with E-state index in [1.807, 2.05) is 44.2 Å². The van der Waals surface area contributed by atoms with Crippen LogP contribution in [0, 0.1) is 13.8 Å². The number of aromatic nitrogens is 1. The summed E-state index contributed by atoms with van der Waals surface area (Å²) in [6.07, 6.45) is 3.31. The maximum absolute atomic E-state index is 12.7. The molecule has 0 saturated carbocycles. The van der Waals surface area contributed by atoms with E-state index in [0.29, 0.717) is 17.3 Å². The fraction of sp³-hybridized carbons (Fsp3) is 0.182. The van der Waals surface area contributed by atoms with Crippen molar-refractivity contribution in [3.8, 4) is 0 Å². The van der Waals surface area contributed by atoms with Gasteiger partial charge in [-0.2, -0.15) is 0 Å². The van der Waals surface area contributed by atoms with Crippen LogP contribution in [-0.4, -0.2) is 17.4 Å². The summed E-state index contributed by atoms with van der Waals surface area (Å²) in [5.74, 6) is -0.101. The highest BCUT2D eigenvalue weighted by molar-refractivity contribution is 6.31. The number of anilines is 2. The van der Waals surface area contributed by atoms with Gasteiger partial charge in [-0.25, -0.2) is 0 Å². The third-order valence-electron chi connectivity index (χ3n) is 4.30. The van der Waals surface area contributed by atoms with E-state index in [4.69, 9.17) is 11.6 Å². The number of hydrogen-bond acceptors (Lipinski definition) is 3. The van der Waals surface area contributed by atoms with Gasteiger partial charge in [0.25, 0.3) is 0 Å². The molecule has 3 rings (SSSR count). The molecule has 0 aliphatic heterocycles. The van der Waals surface area contributed by atoms with Crippen LogP contribution in [0.25, 0.3) is 0 Å². The van der Waals surface area contributed by atoms with Crippen LogP contribution in [0.3, 0.4) is 0 Å². The first kappa shape index (κ1) is 18.9. The average Bonchev–Trinajstić information content (AvgIpc) is 2.66. The summed E-state index contributed by atoms with van der Waals surface area (Å²) in [6.45, 7) is 4.86. The van der Waals surface area contributed by atoms with Crippen molar-refractivity contribution in [2.75, 3.05) is 16.8 Å². The van der Waals surface area contributed by atoms with E-state index in [9.17, 15) is 4.79 Å². The van der Waals surface area contributed by atoms with E-state index >= 15 is 0 Å². The normalized spacial score (nSPS) is 10.5. The molecule has 3 aromatic rings. The zero-order valence-electron chi connectivity index (χ0n) is 15.4. The molecule has 27 heavy (non-hydrogen) atoms. The number of pyridine rings is 1. The van der Waals surface area contributed by atoms with E-state index in [0.717, 1.165) is 22.4 Å². The van der Waals surface area contributed by atoms with Gasteiger partial charge in [-0.15, -0.1) is 0 Å². The minimum atomic E-state index is -0.101. The number of halogens is 1. The standard InChI is InChI=1S/C22H22ClN3O/c1-16-9-10-17(2)21(12-16)26(14-18-6-3-4-8-20(18)23)15-22(27)25-19-7-5-11-24-13-19/h3-13H,14-15H2,1-2H3,(H,25,27). The van der Waals surface area contributed by atoms with Crippen LogP contribution < -0.4 is 10.2 Å². The number of nitrogens with zero attached hydrogens (tertiary/aromatic N) is 2. The van der Waals surface area contributed by atoms with Gasteiger partial charge in [0.1, 0.15) is 0 Å². The van der Waals surface area contributed by atoms with Crippen LogP contribution in [0.5, 0.6) is 0 Å². The first-order chi connectivity index (χ1) is 13.0. The number of rotatable bonds is 6. The van der Waals surface area contributed by atoms with E-state index in [1.54, 1.807) is 18.5 Å². The summed E-state index contributed by atoms with van der Waals surface area (Å²) in [5.41, 5.74) is 4.95. The van der Waals surface area contributed by atoms with E-state index in [1.165, 1.54) is 0 Å². The lowest BCUT2D eigenvalue weighted by Gasteiger charge is -2.27. The van der Waals surface area contributed by atoms with Gasteiger partial charge in [-0.1, -0.05) is 41.9 Å². The Morgan fingerprint density at radius 2 is 1.93 bits per heavy atom. The van der Waals surface area contributed by atoms with Crippen molar-refractivity contribution in [3.05, 3.63) is 88.7 Å². The SMILES string of the molecule is Cc1ccc(C)c(N(CC(=O)Nc2cccnc2)Cc2ccccc2Cl)c1. The lowest BCUT2D eigenvalue weighted by Crippen LogP contribution is -2.33. The minimum absolute atomic E-state index is 0.101. The van der Waals surface area contributed by atoms with Crippen LogP contribution in [0.15, 0.2) is 67.0 Å². The van der Waals surface area contributed by atoms with Crippen molar-refractivity contribution in [2.24, 2.45) is 0 Å². The van der Waals surface area contributed by atoms with E-state index < -0.39 is 0 Å². The molecular formula is C22H22ClN3O. The molecule has 0 atom stereocenters. The zero-order valence-corrected chi connectivity index (χ0v) is 16.2. The van der Waals surface area contributed by atoms with Crippen LogP contribution in [0.2, 0.25) is 5.02 Å². The Bertz CT molecular complexity index is 928. The van der Waals surface area contributed by atoms with Gasteiger partial charge in [0.2, 0.25) is 5.91 Å². The quantitative estimate of drug-likeness (QED) is 0.655. The second-order valence-corrected chi connectivity index (χ2v) is 6.93. The molecule has 0 aliphatic carbocycles. The highest BCUT2D eigenvalue weighted by Crippen LogP contribution is 2.25. The Morgan fingerprint density at radius 1 is 1.11 bits per heavy atom. The van der Waals surface area contributed by atoms with E-state index in [2.05, 4.69) is 33.4 Å². The summed E-state index contributed by atoms with van der Waals surface area (Å²) in [5, 5.41) is 3.60. The Balaban J connectivity index is 1.86. The largest absolute Gasteiger partial charge is 0.358 e. The maximum atomic E-state index is 12.7. The molecule has 0 bridgehead atoms. The number of carbonyl (C=O) groups is 1. The Kier molecular flexibility index (Phi) is 6.09. The number of nitrogens with one attached hydrogen (secondary N) is 1. The summed E-state index contributed by atoms with van der Waals surface area (Å²) in [6, 6.07) is 17.6. The van der Waals surface area contributed by atoms with Crippen molar-refractivity contribution in [1.82, 2.24) is 4.98 Å². The molecule has 1 N–H and O–H groups in total. The van der Waals surface area contributed by atoms with Crippen LogP contribution >= 0.6 is 11.6 Å². The molecule has 0 aliphatic rings. The first-order valence-electron chi connectivity index (χ1n) is 8.78. The van der Waals surface area contributed by atoms with Gasteiger partial charge in [0, 0.05) is 23.5 Å². The maximum Gasteiger partial charge on any atom is 0.243 e. The molecule has 0 unspecified atom stereocenters. The molecule has 1 heterocycles. The fourth-order valence-electron chi connectivity index (χ4n) is 2.93. The molecule has 0 fully saturated rings. The van der Waals surface area contributed by atoms with Crippen molar-refractivity contribution in [3.63, 3.8) is 0 Å². The van der Waals surface area contributed by atoms with Crippen molar-refractivity contribution in [1.29, 1.82) is 0 Å². The zero-order chi connectivity index (χ0) is 19.2. The minimum Gasteiger partial charge on any atom is -0.358 e. The van der Waals surface area contributed by atoms with Crippen LogP contribution in [0.4, 0.5) is 11.4 Å². The second-order valence-electron chi connectivity index (χ2n) is 6.53. The van der Waals surface area contributed by atoms with Gasteiger partial charge in [-0.05, 0) is 54.8 Å². The molecule has 5 heteroatoms. The van der Waals surface area contributed by atoms with Crippen LogP contribution in [0.1, 0.15) is 16.7 Å². The average molecular weight is 380 g/mol. The number of amides is 1. The summed E-state index contributed by atoms with van der Waals surface area (Å²) in [4.78, 5) is 18.7. The monoisotopic (exact) mass is 379 g/mol. The highest BCUT2D eigenvalue weighted by atomic mass is 35.5. The Hall–Kier alpha value is -2.85. The van der Waals surface area contributed by atoms with Crippen LogP contribution in [-0.2, 0) is 11.3 Å². The van der Waals surface area contributed by atoms with Gasteiger partial charge in [0.05, 0.1) is 18.4 Å². The number of aryl methyl sites for hydroxylation is 2. The number of hydrogen-bond donors (Lipinski definition) is 1. The first-order valence-corrected chi connectivity index (χ1v) is 9.16. The highest BCUT2D eigenvalue weighted by Gasteiger charge is 2.16. The third-order valence-corrected chi connectivity index (χ3v) is 4.67. The van der Waals surface area contributed by atoms with Crippen molar-refractivity contribution in [2.45, 2.75) is 20.4 Å². The lowest BCUT2D eigenvalue weighted by molar-refractivity contribution is -0.115. The topological polar surface area (TPSA) is 45.2 Å². The summed E-state index contributed by atoms with van der Waals surface area (Å²) >= 11 is 6.36. The molecular weight excluding hydrogens is 358 g/mol. The molecule has 4 nitrogen and oxygen atoms in total. The third kappa shape index (κ3) is 5.08. The predicted octanol–water partition coefficient (Wildman–Crippen LogP) is 5.00. The molecule has 138 valence electrons. The molecule has 0 saturated heterocycles. The molecule has 2 aromatic carbocycles. The fourth-order valence-corrected chi connectivity index (χ4v) is 3.12. The molecule has 1 amide bonds. The second kappa shape index (κ2) is 8.69.